The van der Waals surface area contributed by atoms with E-state index in [1.165, 1.54) is 0 Å². The van der Waals surface area contributed by atoms with Crippen molar-refractivity contribution in [3.8, 4) is 0 Å². The predicted molar refractivity (Wildman–Crippen MR) is 52.2 cm³/mol. The fraction of sp³-hybridized carbons (Fsp3) is 0.444. The van der Waals surface area contributed by atoms with Crippen molar-refractivity contribution in [1.82, 2.24) is 10.3 Å². The number of nitrogens with two attached hydrogens (primary N) is 1. The summed E-state index contributed by atoms with van der Waals surface area (Å²) in [4.78, 5) is 4.15. The summed E-state index contributed by atoms with van der Waals surface area (Å²) in [5.74, 6) is 0. The lowest BCUT2D eigenvalue weighted by Gasteiger charge is -2.03. The van der Waals surface area contributed by atoms with Gasteiger partial charge in [-0.3, -0.25) is 4.98 Å². The minimum absolute atomic E-state index is 0.695. The van der Waals surface area contributed by atoms with E-state index in [0.29, 0.717) is 5.69 Å². The lowest BCUT2D eigenvalue weighted by atomic mass is 10.3. The largest absolute Gasteiger partial charge is 0.397 e. The van der Waals surface area contributed by atoms with E-state index in [2.05, 4.69) is 10.3 Å². The monoisotopic (exact) mass is 181 g/mol. The standard InChI is InChI=1S/C9H15N3O/c1-13-5-4-11-7-9-3-2-8(10)6-12-9/h2-3,6,11H,4-5,7,10H2,1H3. The molecule has 0 aliphatic carbocycles. The topological polar surface area (TPSA) is 60.2 Å². The number of pyridine rings is 1. The zero-order valence-electron chi connectivity index (χ0n) is 7.79. The van der Waals surface area contributed by atoms with Gasteiger partial charge in [0.15, 0.2) is 0 Å². The highest BCUT2D eigenvalue weighted by Crippen LogP contribution is 1.99. The number of rotatable bonds is 5. The number of methoxy groups -OCH3 is 1. The smallest absolute Gasteiger partial charge is 0.0587 e. The van der Waals surface area contributed by atoms with Gasteiger partial charge in [0, 0.05) is 20.2 Å². The zero-order valence-corrected chi connectivity index (χ0v) is 7.79. The molecule has 1 rings (SSSR count). The third-order valence-electron chi connectivity index (χ3n) is 1.64. The van der Waals surface area contributed by atoms with Gasteiger partial charge in [0.1, 0.15) is 0 Å². The summed E-state index contributed by atoms with van der Waals surface area (Å²) in [6.07, 6.45) is 1.66. The number of aromatic nitrogens is 1. The Balaban J connectivity index is 2.25. The summed E-state index contributed by atoms with van der Waals surface area (Å²) < 4.78 is 4.90. The summed E-state index contributed by atoms with van der Waals surface area (Å²) >= 11 is 0. The molecule has 1 aromatic heterocycles. The average molecular weight is 181 g/mol. The fourth-order valence-electron chi connectivity index (χ4n) is 0.931. The van der Waals surface area contributed by atoms with E-state index in [1.54, 1.807) is 13.3 Å². The van der Waals surface area contributed by atoms with E-state index < -0.39 is 0 Å². The van der Waals surface area contributed by atoms with E-state index in [4.69, 9.17) is 10.5 Å². The normalized spacial score (nSPS) is 10.2. The lowest BCUT2D eigenvalue weighted by Crippen LogP contribution is -2.19. The van der Waals surface area contributed by atoms with Crippen LogP contribution in [0.15, 0.2) is 18.3 Å². The average Bonchev–Trinajstić information content (AvgIpc) is 2.15. The molecule has 0 bridgehead atoms. The first-order valence-corrected chi connectivity index (χ1v) is 4.23. The van der Waals surface area contributed by atoms with Gasteiger partial charge in [0.25, 0.3) is 0 Å². The predicted octanol–water partition coefficient (Wildman–Crippen LogP) is 0.400. The molecule has 4 heteroatoms. The van der Waals surface area contributed by atoms with Gasteiger partial charge in [0.2, 0.25) is 0 Å². The maximum atomic E-state index is 5.50. The van der Waals surface area contributed by atoms with Crippen LogP contribution in [0.5, 0.6) is 0 Å². The van der Waals surface area contributed by atoms with Crippen molar-refractivity contribution in [3.63, 3.8) is 0 Å². The number of nitrogens with one attached hydrogen (secondary N) is 1. The first kappa shape index (κ1) is 9.95. The molecule has 1 aromatic rings. The van der Waals surface area contributed by atoms with Crippen molar-refractivity contribution in [1.29, 1.82) is 0 Å². The Morgan fingerprint density at radius 3 is 3.00 bits per heavy atom. The molecule has 1 heterocycles. The maximum Gasteiger partial charge on any atom is 0.0587 e. The van der Waals surface area contributed by atoms with E-state index in [-0.39, 0.29) is 0 Å². The van der Waals surface area contributed by atoms with Crippen LogP contribution >= 0.6 is 0 Å². The molecule has 0 aliphatic rings. The zero-order chi connectivity index (χ0) is 9.52. The first-order chi connectivity index (χ1) is 6.33. The second-order valence-corrected chi connectivity index (χ2v) is 2.75. The van der Waals surface area contributed by atoms with Crippen LogP contribution in [0.1, 0.15) is 5.69 Å². The molecule has 0 spiro atoms. The Kier molecular flexibility index (Phi) is 4.21. The van der Waals surface area contributed by atoms with Crippen LogP contribution in [0.25, 0.3) is 0 Å². The Labute approximate surface area is 78.1 Å². The Hall–Kier alpha value is -1.13. The molecule has 0 fully saturated rings. The molecule has 0 aliphatic heterocycles. The van der Waals surface area contributed by atoms with Crippen LogP contribution in [-0.2, 0) is 11.3 Å². The second kappa shape index (κ2) is 5.50. The molecule has 4 nitrogen and oxygen atoms in total. The molecule has 0 amide bonds. The van der Waals surface area contributed by atoms with Crippen molar-refractivity contribution in [3.05, 3.63) is 24.0 Å². The molecule has 72 valence electrons. The Morgan fingerprint density at radius 1 is 1.54 bits per heavy atom. The van der Waals surface area contributed by atoms with Crippen molar-refractivity contribution >= 4 is 5.69 Å². The van der Waals surface area contributed by atoms with Crippen LogP contribution in [0.4, 0.5) is 5.69 Å². The van der Waals surface area contributed by atoms with Gasteiger partial charge in [-0.25, -0.2) is 0 Å². The summed E-state index contributed by atoms with van der Waals surface area (Å²) in [6.45, 7) is 2.31. The van der Waals surface area contributed by atoms with E-state index in [1.807, 2.05) is 12.1 Å². The maximum absolute atomic E-state index is 5.50. The molecular weight excluding hydrogens is 166 g/mol. The highest BCUT2D eigenvalue weighted by atomic mass is 16.5. The number of hydrogen-bond donors (Lipinski definition) is 2. The van der Waals surface area contributed by atoms with Gasteiger partial charge in [-0.1, -0.05) is 0 Å². The highest BCUT2D eigenvalue weighted by molar-refractivity contribution is 5.34. The number of nitrogens with zero attached hydrogens (tertiary/aromatic N) is 1. The van der Waals surface area contributed by atoms with Crippen molar-refractivity contribution in [2.75, 3.05) is 26.0 Å². The number of hydrogen-bond acceptors (Lipinski definition) is 4. The van der Waals surface area contributed by atoms with E-state index in [0.717, 1.165) is 25.4 Å². The van der Waals surface area contributed by atoms with Crippen molar-refractivity contribution in [2.45, 2.75) is 6.54 Å². The van der Waals surface area contributed by atoms with Crippen LogP contribution in [0.3, 0.4) is 0 Å². The molecule has 3 N–H and O–H groups in total. The molecule has 0 saturated carbocycles. The summed E-state index contributed by atoms with van der Waals surface area (Å²) in [6, 6.07) is 3.76. The van der Waals surface area contributed by atoms with Crippen LogP contribution in [-0.4, -0.2) is 25.2 Å². The molecule has 0 aromatic carbocycles. The van der Waals surface area contributed by atoms with Gasteiger partial charge in [0.05, 0.1) is 24.2 Å². The first-order valence-electron chi connectivity index (χ1n) is 4.23. The molecule has 0 saturated heterocycles. The number of ether oxygens (including phenoxy) is 1. The molecule has 0 atom stereocenters. The van der Waals surface area contributed by atoms with E-state index in [9.17, 15) is 0 Å². The summed E-state index contributed by atoms with van der Waals surface area (Å²) in [5, 5.41) is 3.19. The van der Waals surface area contributed by atoms with Crippen LogP contribution in [0, 0.1) is 0 Å². The van der Waals surface area contributed by atoms with Gasteiger partial charge < -0.3 is 15.8 Å². The molecule has 0 radical (unpaired) electrons. The Bertz CT molecular complexity index is 235. The number of anilines is 1. The number of nitrogen functional groups attached to an aromatic ring is 1. The second-order valence-electron chi connectivity index (χ2n) is 2.75. The van der Waals surface area contributed by atoms with Gasteiger partial charge in [-0.2, -0.15) is 0 Å². The molecule has 13 heavy (non-hydrogen) atoms. The minimum atomic E-state index is 0.695. The highest BCUT2D eigenvalue weighted by Gasteiger charge is 1.92. The van der Waals surface area contributed by atoms with Gasteiger partial charge in [-0.05, 0) is 12.1 Å². The van der Waals surface area contributed by atoms with Crippen LogP contribution in [0.2, 0.25) is 0 Å². The van der Waals surface area contributed by atoms with E-state index >= 15 is 0 Å². The third-order valence-corrected chi connectivity index (χ3v) is 1.64. The lowest BCUT2D eigenvalue weighted by molar-refractivity contribution is 0.199. The quantitative estimate of drug-likeness (QED) is 0.645. The van der Waals surface area contributed by atoms with Gasteiger partial charge in [-0.15, -0.1) is 0 Å². The summed E-state index contributed by atoms with van der Waals surface area (Å²) in [5.41, 5.74) is 7.19. The Morgan fingerprint density at radius 2 is 2.38 bits per heavy atom. The SMILES string of the molecule is COCCNCc1ccc(N)cn1. The van der Waals surface area contributed by atoms with Crippen molar-refractivity contribution in [2.24, 2.45) is 0 Å². The van der Waals surface area contributed by atoms with Crippen molar-refractivity contribution < 1.29 is 4.74 Å². The van der Waals surface area contributed by atoms with Gasteiger partial charge >= 0.3 is 0 Å². The third kappa shape index (κ3) is 3.87. The molecule has 0 unspecified atom stereocenters. The van der Waals surface area contributed by atoms with Crippen LogP contribution < -0.4 is 11.1 Å². The summed E-state index contributed by atoms with van der Waals surface area (Å²) in [7, 11) is 1.68. The molecular formula is C9H15N3O. The minimum Gasteiger partial charge on any atom is -0.397 e. The fourth-order valence-corrected chi connectivity index (χ4v) is 0.931.